The van der Waals surface area contributed by atoms with Crippen LogP contribution >= 0.6 is 0 Å². The molecule has 0 aliphatic heterocycles. The number of hydrogen-bond acceptors (Lipinski definition) is 3. The van der Waals surface area contributed by atoms with Gasteiger partial charge in [-0.05, 0) is 38.8 Å². The van der Waals surface area contributed by atoms with E-state index in [4.69, 9.17) is 5.73 Å². The Morgan fingerprint density at radius 3 is 2.58 bits per heavy atom. The van der Waals surface area contributed by atoms with Gasteiger partial charge >= 0.3 is 0 Å². The molecule has 1 aromatic carbocycles. The Balaban J connectivity index is 2.09. The van der Waals surface area contributed by atoms with Gasteiger partial charge in [0.1, 0.15) is 5.82 Å². The summed E-state index contributed by atoms with van der Waals surface area (Å²) >= 11 is 0. The van der Waals surface area contributed by atoms with Gasteiger partial charge in [0.15, 0.2) is 0 Å². The molecular formula is C15H23FN2O. The third kappa shape index (κ3) is 3.32. The summed E-state index contributed by atoms with van der Waals surface area (Å²) in [6.45, 7) is 2.75. The predicted molar refractivity (Wildman–Crippen MR) is 74.2 cm³/mol. The minimum Gasteiger partial charge on any atom is -0.393 e. The van der Waals surface area contributed by atoms with Crippen molar-refractivity contribution in [3.63, 3.8) is 0 Å². The van der Waals surface area contributed by atoms with Crippen molar-refractivity contribution >= 4 is 0 Å². The molecule has 106 valence electrons. The normalized spacial score (nSPS) is 26.0. The van der Waals surface area contributed by atoms with Gasteiger partial charge in [-0.2, -0.15) is 0 Å². The summed E-state index contributed by atoms with van der Waals surface area (Å²) in [7, 11) is 1.98. The molecule has 3 N–H and O–H groups in total. The minimum atomic E-state index is -0.203. The van der Waals surface area contributed by atoms with E-state index in [0.717, 1.165) is 19.4 Å². The number of likely N-dealkylation sites (N-methyl/N-ethyl adjacent to an activating group) is 1. The van der Waals surface area contributed by atoms with Crippen molar-refractivity contribution in [2.45, 2.75) is 38.0 Å². The van der Waals surface area contributed by atoms with E-state index >= 15 is 0 Å². The minimum absolute atomic E-state index is 0.126. The maximum Gasteiger partial charge on any atom is 0.128 e. The number of rotatable bonds is 5. The number of aliphatic hydroxyl groups excluding tert-OH is 1. The quantitative estimate of drug-likeness (QED) is 0.856. The molecule has 0 saturated heterocycles. The van der Waals surface area contributed by atoms with Gasteiger partial charge in [-0.15, -0.1) is 0 Å². The molecule has 0 amide bonds. The summed E-state index contributed by atoms with van der Waals surface area (Å²) in [6, 6.07) is 6.54. The lowest BCUT2D eigenvalue weighted by molar-refractivity contribution is 0.0200. The number of aliphatic hydroxyl groups is 1. The summed E-state index contributed by atoms with van der Waals surface area (Å²) in [4.78, 5) is 2.11. The number of nitrogens with zero attached hydrogens (tertiary/aromatic N) is 1. The van der Waals surface area contributed by atoms with Gasteiger partial charge in [-0.25, -0.2) is 4.39 Å². The fraction of sp³-hybridized carbons (Fsp3) is 0.600. The zero-order chi connectivity index (χ0) is 14.0. The van der Waals surface area contributed by atoms with Gasteiger partial charge in [-0.3, -0.25) is 4.90 Å². The van der Waals surface area contributed by atoms with Crippen LogP contribution in [0.15, 0.2) is 24.3 Å². The van der Waals surface area contributed by atoms with Crippen molar-refractivity contribution in [3.8, 4) is 0 Å². The number of halogens is 1. The standard InChI is InChI=1S/C15H23FN2O/c1-10(17)15(13-5-3-4-6-14(13)16)18(2)9-11-7-12(19)8-11/h3-6,10-12,15,19H,7-9,17H2,1-2H3. The third-order valence-corrected chi connectivity index (χ3v) is 3.95. The molecule has 2 unspecified atom stereocenters. The van der Waals surface area contributed by atoms with Crippen LogP contribution in [0, 0.1) is 11.7 Å². The second kappa shape index (κ2) is 5.99. The zero-order valence-electron chi connectivity index (χ0n) is 11.6. The van der Waals surface area contributed by atoms with Crippen molar-refractivity contribution in [2.24, 2.45) is 11.7 Å². The highest BCUT2D eigenvalue weighted by Crippen LogP contribution is 2.31. The monoisotopic (exact) mass is 266 g/mol. The second-order valence-electron chi connectivity index (χ2n) is 5.76. The largest absolute Gasteiger partial charge is 0.393 e. The first-order valence-electron chi connectivity index (χ1n) is 6.87. The van der Waals surface area contributed by atoms with Gasteiger partial charge < -0.3 is 10.8 Å². The summed E-state index contributed by atoms with van der Waals surface area (Å²) in [5.41, 5.74) is 6.70. The van der Waals surface area contributed by atoms with Crippen molar-refractivity contribution in [3.05, 3.63) is 35.6 Å². The fourth-order valence-corrected chi connectivity index (χ4v) is 3.01. The SMILES string of the molecule is CC(N)C(c1ccccc1F)N(C)CC1CC(O)C1. The molecule has 0 heterocycles. The van der Waals surface area contributed by atoms with Crippen LogP contribution in [0.25, 0.3) is 0 Å². The van der Waals surface area contributed by atoms with Gasteiger partial charge in [0.05, 0.1) is 12.1 Å². The van der Waals surface area contributed by atoms with Crippen LogP contribution in [0.1, 0.15) is 31.4 Å². The Labute approximate surface area is 114 Å². The van der Waals surface area contributed by atoms with E-state index in [2.05, 4.69) is 4.90 Å². The van der Waals surface area contributed by atoms with Crippen molar-refractivity contribution in [2.75, 3.05) is 13.6 Å². The smallest absolute Gasteiger partial charge is 0.128 e. The zero-order valence-corrected chi connectivity index (χ0v) is 11.6. The van der Waals surface area contributed by atoms with E-state index in [9.17, 15) is 9.50 Å². The number of benzene rings is 1. The molecule has 1 aliphatic rings. The Bertz CT molecular complexity index is 418. The van der Waals surface area contributed by atoms with Crippen molar-refractivity contribution in [1.82, 2.24) is 4.90 Å². The molecule has 2 rings (SSSR count). The molecule has 1 aromatic rings. The highest BCUT2D eigenvalue weighted by molar-refractivity contribution is 5.22. The lowest BCUT2D eigenvalue weighted by atomic mass is 9.81. The maximum atomic E-state index is 13.9. The van der Waals surface area contributed by atoms with Crippen LogP contribution in [0.5, 0.6) is 0 Å². The van der Waals surface area contributed by atoms with Crippen LogP contribution in [0.2, 0.25) is 0 Å². The molecule has 4 heteroatoms. The average Bonchev–Trinajstić information content (AvgIpc) is 2.29. The van der Waals surface area contributed by atoms with Gasteiger partial charge in [-0.1, -0.05) is 18.2 Å². The first-order chi connectivity index (χ1) is 8.99. The molecule has 3 nitrogen and oxygen atoms in total. The summed E-state index contributed by atoms with van der Waals surface area (Å²) in [5.74, 6) is 0.290. The summed E-state index contributed by atoms with van der Waals surface area (Å²) < 4.78 is 13.9. The van der Waals surface area contributed by atoms with E-state index in [-0.39, 0.29) is 24.0 Å². The number of hydrogen-bond donors (Lipinski definition) is 2. The van der Waals surface area contributed by atoms with Crippen LogP contribution < -0.4 is 5.73 Å². The Hall–Kier alpha value is -0.970. The van der Waals surface area contributed by atoms with Crippen LogP contribution in [0.3, 0.4) is 0 Å². The average molecular weight is 266 g/mol. The molecule has 0 bridgehead atoms. The van der Waals surface area contributed by atoms with Gasteiger partial charge in [0.25, 0.3) is 0 Å². The summed E-state index contributed by atoms with van der Waals surface area (Å²) in [6.07, 6.45) is 1.53. The Kier molecular flexibility index (Phi) is 4.55. The van der Waals surface area contributed by atoms with E-state index < -0.39 is 0 Å². The first kappa shape index (κ1) is 14.4. The Morgan fingerprint density at radius 1 is 1.42 bits per heavy atom. The lowest BCUT2D eigenvalue weighted by Gasteiger charge is -2.39. The molecule has 0 aromatic heterocycles. The molecule has 1 saturated carbocycles. The molecule has 1 fully saturated rings. The topological polar surface area (TPSA) is 49.5 Å². The van der Waals surface area contributed by atoms with Gasteiger partial charge in [0, 0.05) is 18.2 Å². The highest BCUT2D eigenvalue weighted by Gasteiger charge is 2.31. The Morgan fingerprint density at radius 2 is 2.05 bits per heavy atom. The van der Waals surface area contributed by atoms with E-state index in [1.165, 1.54) is 6.07 Å². The van der Waals surface area contributed by atoms with Crippen molar-refractivity contribution in [1.29, 1.82) is 0 Å². The van der Waals surface area contributed by atoms with E-state index in [1.807, 2.05) is 20.0 Å². The molecule has 2 atom stereocenters. The van der Waals surface area contributed by atoms with Crippen molar-refractivity contribution < 1.29 is 9.50 Å². The molecule has 19 heavy (non-hydrogen) atoms. The molecule has 0 spiro atoms. The second-order valence-corrected chi connectivity index (χ2v) is 5.76. The van der Waals surface area contributed by atoms with Gasteiger partial charge in [0.2, 0.25) is 0 Å². The highest BCUT2D eigenvalue weighted by atomic mass is 19.1. The molecule has 1 aliphatic carbocycles. The predicted octanol–water partition coefficient (Wildman–Crippen LogP) is 1.92. The number of nitrogens with two attached hydrogens (primary N) is 1. The lowest BCUT2D eigenvalue weighted by Crippen LogP contribution is -2.43. The van der Waals surface area contributed by atoms with E-state index in [0.29, 0.717) is 11.5 Å². The van der Waals surface area contributed by atoms with Crippen LogP contribution in [-0.4, -0.2) is 35.7 Å². The van der Waals surface area contributed by atoms with Crippen LogP contribution in [-0.2, 0) is 0 Å². The summed E-state index contributed by atoms with van der Waals surface area (Å²) in [5, 5.41) is 9.34. The van der Waals surface area contributed by atoms with Crippen LogP contribution in [0.4, 0.5) is 4.39 Å². The fourth-order valence-electron chi connectivity index (χ4n) is 3.01. The molecule has 0 radical (unpaired) electrons. The maximum absolute atomic E-state index is 13.9. The first-order valence-corrected chi connectivity index (χ1v) is 6.87. The third-order valence-electron chi connectivity index (χ3n) is 3.95. The molecular weight excluding hydrogens is 243 g/mol. The van der Waals surface area contributed by atoms with E-state index in [1.54, 1.807) is 12.1 Å².